The molecule has 0 radical (unpaired) electrons. The Morgan fingerprint density at radius 1 is 1.56 bits per heavy atom. The normalized spacial score (nSPS) is 23.1. The largest absolute Gasteiger partial charge is 0.381 e. The van der Waals surface area contributed by atoms with Gasteiger partial charge in [0.15, 0.2) is 0 Å². The van der Waals surface area contributed by atoms with Gasteiger partial charge in [-0.25, -0.2) is 0 Å². The van der Waals surface area contributed by atoms with E-state index in [0.29, 0.717) is 19.8 Å². The summed E-state index contributed by atoms with van der Waals surface area (Å²) in [7, 11) is 0. The summed E-state index contributed by atoms with van der Waals surface area (Å²) in [5.74, 6) is 0.107. The van der Waals surface area contributed by atoms with Crippen molar-refractivity contribution in [1.82, 2.24) is 5.32 Å². The lowest BCUT2D eigenvalue weighted by Gasteiger charge is -2.22. The zero-order valence-corrected chi connectivity index (χ0v) is 11.1. The maximum absolute atomic E-state index is 11.7. The monoisotopic (exact) mass is 247 g/mol. The molecular formula is C12H22ClNO2. The standard InChI is InChI=1S/C12H22ClNO2/c1-12(2,3)6-10(13)7-14-11(15)9-4-5-16-8-9/h9-10H,4-8H2,1-3H3,(H,14,15). The predicted molar refractivity (Wildman–Crippen MR) is 65.6 cm³/mol. The van der Waals surface area contributed by atoms with Gasteiger partial charge in [0.2, 0.25) is 5.91 Å². The SMILES string of the molecule is CC(C)(C)CC(Cl)CNC(=O)C1CCOC1. The van der Waals surface area contributed by atoms with Crippen LogP contribution >= 0.6 is 11.6 Å². The van der Waals surface area contributed by atoms with Gasteiger partial charge in [-0.05, 0) is 18.3 Å². The van der Waals surface area contributed by atoms with Crippen molar-refractivity contribution in [3.63, 3.8) is 0 Å². The Hall–Kier alpha value is -0.280. The van der Waals surface area contributed by atoms with E-state index in [1.807, 2.05) is 0 Å². The van der Waals surface area contributed by atoms with Crippen molar-refractivity contribution in [2.24, 2.45) is 11.3 Å². The molecule has 1 fully saturated rings. The number of rotatable bonds is 4. The molecular weight excluding hydrogens is 226 g/mol. The molecule has 2 atom stereocenters. The van der Waals surface area contributed by atoms with Crippen molar-refractivity contribution in [3.8, 4) is 0 Å². The van der Waals surface area contributed by atoms with Crippen LogP contribution in [0.3, 0.4) is 0 Å². The lowest BCUT2D eigenvalue weighted by molar-refractivity contribution is -0.124. The smallest absolute Gasteiger partial charge is 0.225 e. The fourth-order valence-corrected chi connectivity index (χ4v) is 2.37. The van der Waals surface area contributed by atoms with E-state index in [1.54, 1.807) is 0 Å². The Labute approximate surface area is 103 Å². The van der Waals surface area contributed by atoms with Gasteiger partial charge in [-0.1, -0.05) is 20.8 Å². The van der Waals surface area contributed by atoms with Crippen LogP contribution < -0.4 is 5.32 Å². The first-order valence-corrected chi connectivity index (χ1v) is 6.31. The van der Waals surface area contributed by atoms with E-state index < -0.39 is 0 Å². The van der Waals surface area contributed by atoms with Gasteiger partial charge in [-0.15, -0.1) is 11.6 Å². The molecule has 2 unspecified atom stereocenters. The zero-order chi connectivity index (χ0) is 12.2. The van der Waals surface area contributed by atoms with E-state index in [1.165, 1.54) is 0 Å². The molecule has 1 aliphatic rings. The third-order valence-electron chi connectivity index (χ3n) is 2.63. The van der Waals surface area contributed by atoms with E-state index in [9.17, 15) is 4.79 Å². The number of hydrogen-bond donors (Lipinski definition) is 1. The van der Waals surface area contributed by atoms with E-state index in [-0.39, 0.29) is 22.6 Å². The molecule has 1 saturated heterocycles. The van der Waals surface area contributed by atoms with Crippen LogP contribution in [0.4, 0.5) is 0 Å². The van der Waals surface area contributed by atoms with E-state index in [4.69, 9.17) is 16.3 Å². The number of nitrogens with one attached hydrogen (secondary N) is 1. The maximum Gasteiger partial charge on any atom is 0.225 e. The van der Waals surface area contributed by atoms with Crippen molar-refractivity contribution in [2.75, 3.05) is 19.8 Å². The third kappa shape index (κ3) is 5.17. The number of carbonyl (C=O) groups excluding carboxylic acids is 1. The molecule has 1 rings (SSSR count). The van der Waals surface area contributed by atoms with Crippen LogP contribution in [-0.2, 0) is 9.53 Å². The van der Waals surface area contributed by atoms with Gasteiger partial charge in [0.1, 0.15) is 0 Å². The van der Waals surface area contributed by atoms with E-state index >= 15 is 0 Å². The number of alkyl halides is 1. The molecule has 1 N–H and O–H groups in total. The van der Waals surface area contributed by atoms with Gasteiger partial charge in [-0.3, -0.25) is 4.79 Å². The minimum absolute atomic E-state index is 0.00581. The average molecular weight is 248 g/mol. The first-order chi connectivity index (χ1) is 7.38. The molecule has 94 valence electrons. The highest BCUT2D eigenvalue weighted by Gasteiger charge is 2.24. The van der Waals surface area contributed by atoms with Crippen molar-refractivity contribution in [2.45, 2.75) is 39.0 Å². The summed E-state index contributed by atoms with van der Waals surface area (Å²) >= 11 is 6.17. The minimum Gasteiger partial charge on any atom is -0.381 e. The fraction of sp³-hybridized carbons (Fsp3) is 0.917. The molecule has 0 aliphatic carbocycles. The highest BCUT2D eigenvalue weighted by molar-refractivity contribution is 6.20. The predicted octanol–water partition coefficient (Wildman–Crippen LogP) is 2.18. The first kappa shape index (κ1) is 13.8. The second-order valence-corrected chi connectivity index (χ2v) is 6.28. The summed E-state index contributed by atoms with van der Waals surface area (Å²) in [5.41, 5.74) is 0.202. The minimum atomic E-state index is 0.00581. The molecule has 0 aromatic rings. The second-order valence-electron chi connectivity index (χ2n) is 5.67. The van der Waals surface area contributed by atoms with Crippen LogP contribution in [0.25, 0.3) is 0 Å². The van der Waals surface area contributed by atoms with Gasteiger partial charge in [0, 0.05) is 13.2 Å². The van der Waals surface area contributed by atoms with Gasteiger partial charge >= 0.3 is 0 Å². The molecule has 0 saturated carbocycles. The highest BCUT2D eigenvalue weighted by atomic mass is 35.5. The summed E-state index contributed by atoms with van der Waals surface area (Å²) in [6, 6.07) is 0. The quantitative estimate of drug-likeness (QED) is 0.774. The Bertz CT molecular complexity index is 232. The van der Waals surface area contributed by atoms with Crippen LogP contribution in [0.15, 0.2) is 0 Å². The molecule has 16 heavy (non-hydrogen) atoms. The fourth-order valence-electron chi connectivity index (χ4n) is 1.83. The van der Waals surface area contributed by atoms with Crippen molar-refractivity contribution in [1.29, 1.82) is 0 Å². The lowest BCUT2D eigenvalue weighted by atomic mass is 9.90. The number of halogens is 1. The Kier molecular flexibility index (Phi) is 5.06. The molecule has 3 nitrogen and oxygen atoms in total. The van der Waals surface area contributed by atoms with Crippen LogP contribution in [-0.4, -0.2) is 31.0 Å². The van der Waals surface area contributed by atoms with E-state index in [2.05, 4.69) is 26.1 Å². The van der Waals surface area contributed by atoms with Crippen LogP contribution in [0.2, 0.25) is 0 Å². The Balaban J connectivity index is 2.20. The molecule has 0 aromatic carbocycles. The molecule has 0 spiro atoms. The lowest BCUT2D eigenvalue weighted by Crippen LogP contribution is -2.36. The number of ether oxygens (including phenoxy) is 1. The topological polar surface area (TPSA) is 38.3 Å². The Morgan fingerprint density at radius 3 is 2.75 bits per heavy atom. The molecule has 1 aliphatic heterocycles. The maximum atomic E-state index is 11.7. The van der Waals surface area contributed by atoms with E-state index in [0.717, 1.165) is 12.8 Å². The summed E-state index contributed by atoms with van der Waals surface area (Å²) in [5, 5.41) is 2.90. The second kappa shape index (κ2) is 5.87. The van der Waals surface area contributed by atoms with Gasteiger partial charge in [0.05, 0.1) is 17.9 Å². The van der Waals surface area contributed by atoms with Crippen LogP contribution in [0.1, 0.15) is 33.6 Å². The summed E-state index contributed by atoms with van der Waals surface area (Å²) < 4.78 is 5.17. The molecule has 1 heterocycles. The molecule has 0 bridgehead atoms. The third-order valence-corrected chi connectivity index (χ3v) is 2.94. The number of hydrogen-bond acceptors (Lipinski definition) is 2. The van der Waals surface area contributed by atoms with Gasteiger partial charge in [0.25, 0.3) is 0 Å². The number of amides is 1. The van der Waals surface area contributed by atoms with Crippen molar-refractivity contribution >= 4 is 17.5 Å². The molecule has 1 amide bonds. The highest BCUT2D eigenvalue weighted by Crippen LogP contribution is 2.23. The zero-order valence-electron chi connectivity index (χ0n) is 10.4. The van der Waals surface area contributed by atoms with Crippen LogP contribution in [0.5, 0.6) is 0 Å². The first-order valence-electron chi connectivity index (χ1n) is 5.88. The average Bonchev–Trinajstić information content (AvgIpc) is 2.64. The van der Waals surface area contributed by atoms with Crippen molar-refractivity contribution < 1.29 is 9.53 Å². The van der Waals surface area contributed by atoms with Crippen LogP contribution in [0, 0.1) is 11.3 Å². The Morgan fingerprint density at radius 2 is 2.25 bits per heavy atom. The van der Waals surface area contributed by atoms with Gasteiger partial charge in [-0.2, -0.15) is 0 Å². The number of carbonyl (C=O) groups is 1. The summed E-state index contributed by atoms with van der Waals surface area (Å²) in [6.07, 6.45) is 1.73. The summed E-state index contributed by atoms with van der Waals surface area (Å²) in [6.45, 7) is 8.25. The van der Waals surface area contributed by atoms with Crippen molar-refractivity contribution in [3.05, 3.63) is 0 Å². The molecule has 0 aromatic heterocycles. The van der Waals surface area contributed by atoms with Gasteiger partial charge < -0.3 is 10.1 Å². The molecule has 4 heteroatoms. The summed E-state index contributed by atoms with van der Waals surface area (Å²) in [4.78, 5) is 11.7.